The van der Waals surface area contributed by atoms with Gasteiger partial charge in [0.15, 0.2) is 0 Å². The van der Waals surface area contributed by atoms with Gasteiger partial charge in [-0.2, -0.15) is 0 Å². The Morgan fingerprint density at radius 2 is 2.14 bits per heavy atom. The molecule has 0 aliphatic heterocycles. The van der Waals surface area contributed by atoms with Crippen LogP contribution in [0.4, 0.5) is 5.69 Å². The number of nitrogens with two attached hydrogens (primary N) is 1. The predicted octanol–water partition coefficient (Wildman–Crippen LogP) is 3.06. The van der Waals surface area contributed by atoms with Gasteiger partial charge in [0.25, 0.3) is 0 Å². The van der Waals surface area contributed by atoms with Crippen LogP contribution >= 0.6 is 23.4 Å². The van der Waals surface area contributed by atoms with E-state index in [9.17, 15) is 14.7 Å². The second-order valence-electron chi connectivity index (χ2n) is 5.23. The molecule has 0 atom stereocenters. The third-order valence-corrected chi connectivity index (χ3v) is 5.42. The number of carboxylic acids is 1. The first kappa shape index (κ1) is 16.0. The zero-order valence-corrected chi connectivity index (χ0v) is 13.1. The third kappa shape index (κ3) is 3.83. The second-order valence-corrected chi connectivity index (χ2v) is 6.62. The first-order valence-electron chi connectivity index (χ1n) is 6.39. The summed E-state index contributed by atoms with van der Waals surface area (Å²) in [6.07, 6.45) is 2.22. The number of carboxylic acid groups (broad SMARTS) is 1. The Bertz CT molecular complexity index is 587. The lowest BCUT2D eigenvalue weighted by Gasteiger charge is -2.15. The van der Waals surface area contributed by atoms with Crippen molar-refractivity contribution >= 4 is 41.0 Å². The number of carbonyl (C=O) groups excluding carboxylic acids is 1. The van der Waals surface area contributed by atoms with Crippen LogP contribution in [0.3, 0.4) is 0 Å². The van der Waals surface area contributed by atoms with Gasteiger partial charge in [0.1, 0.15) is 0 Å². The minimum Gasteiger partial charge on any atom is -0.478 e. The van der Waals surface area contributed by atoms with Crippen LogP contribution in [0.1, 0.15) is 29.6 Å². The van der Waals surface area contributed by atoms with E-state index in [1.165, 1.54) is 31.0 Å². The van der Waals surface area contributed by atoms with Crippen LogP contribution in [0.5, 0.6) is 0 Å². The number of esters is 1. The minimum atomic E-state index is -1.07. The van der Waals surface area contributed by atoms with E-state index in [0.717, 1.165) is 12.8 Å². The van der Waals surface area contributed by atoms with Crippen molar-refractivity contribution in [2.24, 2.45) is 5.41 Å². The number of anilines is 1. The molecule has 1 aliphatic carbocycles. The lowest BCUT2D eigenvalue weighted by Crippen LogP contribution is -2.13. The van der Waals surface area contributed by atoms with Gasteiger partial charge in [-0.25, -0.2) is 4.79 Å². The van der Waals surface area contributed by atoms with Gasteiger partial charge >= 0.3 is 11.9 Å². The lowest BCUT2D eigenvalue weighted by molar-refractivity contribution is -0.141. The Morgan fingerprint density at radius 3 is 2.67 bits per heavy atom. The van der Waals surface area contributed by atoms with Crippen molar-refractivity contribution in [3.63, 3.8) is 0 Å². The van der Waals surface area contributed by atoms with Crippen LogP contribution in [0.2, 0.25) is 5.02 Å². The maximum atomic E-state index is 11.4. The van der Waals surface area contributed by atoms with Gasteiger partial charge in [-0.3, -0.25) is 4.79 Å². The van der Waals surface area contributed by atoms with Gasteiger partial charge in [0.2, 0.25) is 0 Å². The number of carbonyl (C=O) groups is 2. The molecule has 5 nitrogen and oxygen atoms in total. The molecule has 0 unspecified atom stereocenters. The van der Waals surface area contributed by atoms with E-state index < -0.39 is 5.97 Å². The molecule has 2 rings (SSSR count). The Kier molecular flexibility index (Phi) is 4.68. The maximum Gasteiger partial charge on any atom is 0.336 e. The van der Waals surface area contributed by atoms with E-state index in [0.29, 0.717) is 27.8 Å². The fraction of sp³-hybridized carbons (Fsp3) is 0.429. The predicted molar refractivity (Wildman–Crippen MR) is 81.8 cm³/mol. The molecule has 3 N–H and O–H groups in total. The first-order chi connectivity index (χ1) is 9.87. The smallest absolute Gasteiger partial charge is 0.336 e. The van der Waals surface area contributed by atoms with E-state index in [2.05, 4.69) is 0 Å². The Labute approximate surface area is 131 Å². The van der Waals surface area contributed by atoms with Gasteiger partial charge in [-0.15, -0.1) is 11.8 Å². The molecular weight excluding hydrogens is 314 g/mol. The van der Waals surface area contributed by atoms with E-state index >= 15 is 0 Å². The summed E-state index contributed by atoms with van der Waals surface area (Å²) in [6.45, 7) is 0. The molecule has 1 fully saturated rings. The Morgan fingerprint density at radius 1 is 1.48 bits per heavy atom. The molecule has 0 aromatic heterocycles. The van der Waals surface area contributed by atoms with Crippen LogP contribution in [0.15, 0.2) is 17.0 Å². The van der Waals surface area contributed by atoms with Crippen molar-refractivity contribution in [1.82, 2.24) is 0 Å². The van der Waals surface area contributed by atoms with Crippen molar-refractivity contribution in [3.8, 4) is 0 Å². The summed E-state index contributed by atoms with van der Waals surface area (Å²) in [4.78, 5) is 23.2. The normalized spacial score (nSPS) is 15.5. The van der Waals surface area contributed by atoms with Crippen molar-refractivity contribution in [2.75, 3.05) is 18.6 Å². The van der Waals surface area contributed by atoms with E-state index in [1.807, 2.05) is 0 Å². The number of hydrogen-bond donors (Lipinski definition) is 2. The number of methoxy groups -OCH3 is 1. The number of hydrogen-bond acceptors (Lipinski definition) is 5. The monoisotopic (exact) mass is 329 g/mol. The number of thioether (sulfide) groups is 1. The number of nitrogen functional groups attached to an aromatic ring is 1. The van der Waals surface area contributed by atoms with Gasteiger partial charge in [0, 0.05) is 16.3 Å². The third-order valence-electron chi connectivity index (χ3n) is 3.52. The van der Waals surface area contributed by atoms with Crippen LogP contribution in [-0.4, -0.2) is 29.9 Å². The SMILES string of the molecule is COC(=O)CC1(CSc2c(Cl)cc(N)cc2C(=O)O)CC1. The topological polar surface area (TPSA) is 89.6 Å². The first-order valence-corrected chi connectivity index (χ1v) is 7.75. The lowest BCUT2D eigenvalue weighted by atomic mass is 10.1. The Hall–Kier alpha value is -1.40. The van der Waals surface area contributed by atoms with Gasteiger partial charge in [0.05, 0.1) is 24.1 Å². The molecule has 114 valence electrons. The molecular formula is C14H16ClNO4S. The van der Waals surface area contributed by atoms with Gasteiger partial charge in [-0.1, -0.05) is 11.6 Å². The molecule has 0 bridgehead atoms. The number of aromatic carboxylic acids is 1. The average molecular weight is 330 g/mol. The fourth-order valence-electron chi connectivity index (χ4n) is 2.07. The molecule has 0 amide bonds. The van der Waals surface area contributed by atoms with E-state index in [1.54, 1.807) is 0 Å². The second kappa shape index (κ2) is 6.15. The molecule has 1 aromatic rings. The fourth-order valence-corrected chi connectivity index (χ4v) is 3.80. The highest BCUT2D eigenvalue weighted by Gasteiger charge is 2.44. The number of benzene rings is 1. The zero-order valence-electron chi connectivity index (χ0n) is 11.5. The highest BCUT2D eigenvalue weighted by molar-refractivity contribution is 7.99. The van der Waals surface area contributed by atoms with Crippen molar-refractivity contribution < 1.29 is 19.4 Å². The summed E-state index contributed by atoms with van der Waals surface area (Å²) >= 11 is 7.46. The van der Waals surface area contributed by atoms with Gasteiger partial charge < -0.3 is 15.6 Å². The molecule has 1 aliphatic rings. The van der Waals surface area contributed by atoms with Crippen molar-refractivity contribution in [2.45, 2.75) is 24.2 Å². The Balaban J connectivity index is 2.13. The van der Waals surface area contributed by atoms with Gasteiger partial charge in [-0.05, 0) is 30.4 Å². The minimum absolute atomic E-state index is 0.0962. The maximum absolute atomic E-state index is 11.4. The summed E-state index contributed by atoms with van der Waals surface area (Å²) < 4.78 is 4.69. The van der Waals surface area contributed by atoms with Crippen molar-refractivity contribution in [3.05, 3.63) is 22.7 Å². The quantitative estimate of drug-likeness (QED) is 0.473. The van der Waals surface area contributed by atoms with Crippen molar-refractivity contribution in [1.29, 1.82) is 0 Å². The van der Waals surface area contributed by atoms with Crippen LogP contribution in [-0.2, 0) is 9.53 Å². The van der Waals surface area contributed by atoms with Crippen LogP contribution < -0.4 is 5.73 Å². The molecule has 7 heteroatoms. The summed E-state index contributed by atoms with van der Waals surface area (Å²) in [5.41, 5.74) is 5.94. The highest BCUT2D eigenvalue weighted by atomic mass is 35.5. The number of ether oxygens (including phenoxy) is 1. The highest BCUT2D eigenvalue weighted by Crippen LogP contribution is 2.53. The molecule has 0 saturated heterocycles. The molecule has 0 heterocycles. The number of halogens is 1. The number of rotatable bonds is 6. The van der Waals surface area contributed by atoms with E-state index in [-0.39, 0.29) is 16.9 Å². The molecule has 0 spiro atoms. The standard InChI is InChI=1S/C14H16ClNO4S/c1-20-11(17)6-14(2-3-14)7-21-12-9(13(18)19)4-8(16)5-10(12)15/h4-5H,2-3,6-7,16H2,1H3,(H,18,19). The molecule has 1 aromatic carbocycles. The summed E-state index contributed by atoms with van der Waals surface area (Å²) in [7, 11) is 1.37. The summed E-state index contributed by atoms with van der Waals surface area (Å²) in [6, 6.07) is 2.94. The average Bonchev–Trinajstić information content (AvgIpc) is 3.16. The van der Waals surface area contributed by atoms with Crippen LogP contribution in [0, 0.1) is 5.41 Å². The largest absolute Gasteiger partial charge is 0.478 e. The molecule has 1 saturated carbocycles. The zero-order chi connectivity index (χ0) is 15.6. The molecule has 21 heavy (non-hydrogen) atoms. The summed E-state index contributed by atoms with van der Waals surface area (Å²) in [5.74, 6) is -0.675. The molecule has 0 radical (unpaired) electrons. The van der Waals surface area contributed by atoms with Crippen LogP contribution in [0.25, 0.3) is 0 Å². The summed E-state index contributed by atoms with van der Waals surface area (Å²) in [5, 5.41) is 9.57. The van der Waals surface area contributed by atoms with E-state index in [4.69, 9.17) is 22.1 Å².